The fourth-order valence-corrected chi connectivity index (χ4v) is 2.80. The van der Waals surface area contributed by atoms with Crippen molar-refractivity contribution in [2.75, 3.05) is 13.7 Å². The number of halogens is 3. The summed E-state index contributed by atoms with van der Waals surface area (Å²) in [6.07, 6.45) is -4.16. The first kappa shape index (κ1) is 15.4. The number of nitrogens with zero attached hydrogens (tertiary/aromatic N) is 1. The van der Waals surface area contributed by atoms with Crippen LogP contribution in [0.15, 0.2) is 0 Å². The Hall–Kier alpha value is -0.660. The summed E-state index contributed by atoms with van der Waals surface area (Å²) >= 11 is 1.06. The maximum absolute atomic E-state index is 12.8. The quantitative estimate of drug-likeness (QED) is 0.868. The molecule has 0 aromatic carbocycles. The normalized spacial score (nSPS) is 13.9. The Balaban J connectivity index is 3.08. The molecule has 1 heterocycles. The van der Waals surface area contributed by atoms with Crippen LogP contribution in [0, 0.1) is 0 Å². The molecule has 1 N–H and O–H groups in total. The predicted octanol–water partition coefficient (Wildman–Crippen LogP) is 3.37. The molecule has 1 aromatic rings. The Labute approximate surface area is 108 Å². The van der Waals surface area contributed by atoms with Gasteiger partial charge in [-0.25, -0.2) is 4.98 Å². The van der Waals surface area contributed by atoms with Crippen molar-refractivity contribution in [3.05, 3.63) is 15.6 Å². The molecule has 0 saturated carbocycles. The summed E-state index contributed by atoms with van der Waals surface area (Å²) in [4.78, 5) is 3.93. The maximum Gasteiger partial charge on any atom is 0.434 e. The van der Waals surface area contributed by atoms with E-state index in [1.165, 1.54) is 0 Å². The zero-order valence-corrected chi connectivity index (χ0v) is 11.4. The fourth-order valence-electron chi connectivity index (χ4n) is 1.57. The van der Waals surface area contributed by atoms with Gasteiger partial charge in [0.05, 0.1) is 4.88 Å². The van der Waals surface area contributed by atoms with Gasteiger partial charge < -0.3 is 10.1 Å². The first-order valence-corrected chi connectivity index (χ1v) is 6.58. The highest BCUT2D eigenvalue weighted by atomic mass is 32.1. The van der Waals surface area contributed by atoms with Crippen LogP contribution in [0.5, 0.6) is 0 Å². The maximum atomic E-state index is 12.8. The third-order valence-corrected chi connectivity index (χ3v) is 3.48. The Morgan fingerprint density at radius 1 is 1.39 bits per heavy atom. The van der Waals surface area contributed by atoms with Gasteiger partial charge in [0.1, 0.15) is 11.1 Å². The molecule has 1 unspecified atom stereocenters. The van der Waals surface area contributed by atoms with Crippen molar-refractivity contribution in [1.29, 1.82) is 0 Å². The van der Waals surface area contributed by atoms with Gasteiger partial charge in [-0.3, -0.25) is 0 Å². The fraction of sp³-hybridized carbons (Fsp3) is 0.727. The van der Waals surface area contributed by atoms with E-state index in [1.807, 2.05) is 13.8 Å². The third kappa shape index (κ3) is 3.66. The van der Waals surface area contributed by atoms with Crippen LogP contribution in [0.3, 0.4) is 0 Å². The number of nitrogens with one attached hydrogen (secondary N) is 1. The monoisotopic (exact) mass is 282 g/mol. The summed E-state index contributed by atoms with van der Waals surface area (Å²) in [6.45, 7) is 4.30. The van der Waals surface area contributed by atoms with Crippen LogP contribution < -0.4 is 5.32 Å². The Morgan fingerprint density at radius 3 is 2.50 bits per heavy atom. The van der Waals surface area contributed by atoms with E-state index in [2.05, 4.69) is 10.3 Å². The molecule has 0 saturated heterocycles. The number of hydrogen-bond donors (Lipinski definition) is 1. The van der Waals surface area contributed by atoms with E-state index in [0.29, 0.717) is 18.0 Å². The average molecular weight is 282 g/mol. The second kappa shape index (κ2) is 6.49. The lowest BCUT2D eigenvalue weighted by atomic mass is 10.3. The molecule has 0 amide bonds. The van der Waals surface area contributed by atoms with Crippen LogP contribution in [-0.2, 0) is 17.5 Å². The molecule has 104 valence electrons. The van der Waals surface area contributed by atoms with Crippen LogP contribution in [0.25, 0.3) is 0 Å². The lowest BCUT2D eigenvalue weighted by molar-refractivity contribution is -0.141. The molecule has 1 rings (SSSR count). The minimum atomic E-state index is -4.41. The summed E-state index contributed by atoms with van der Waals surface area (Å²) in [6, 6.07) is 0. The first-order valence-electron chi connectivity index (χ1n) is 5.77. The Kier molecular flexibility index (Phi) is 5.55. The van der Waals surface area contributed by atoms with Gasteiger partial charge in [0.25, 0.3) is 0 Å². The van der Waals surface area contributed by atoms with Crippen LogP contribution >= 0.6 is 11.3 Å². The van der Waals surface area contributed by atoms with Crippen LogP contribution in [-0.4, -0.2) is 18.6 Å². The third-order valence-electron chi connectivity index (χ3n) is 2.33. The lowest BCUT2D eigenvalue weighted by Crippen LogP contribution is -2.13. The van der Waals surface area contributed by atoms with E-state index in [1.54, 1.807) is 7.05 Å². The van der Waals surface area contributed by atoms with Crippen molar-refractivity contribution in [2.24, 2.45) is 0 Å². The van der Waals surface area contributed by atoms with Gasteiger partial charge in [-0.05, 0) is 20.4 Å². The highest BCUT2D eigenvalue weighted by Gasteiger charge is 2.37. The number of alkyl halides is 3. The topological polar surface area (TPSA) is 34.1 Å². The molecule has 7 heteroatoms. The molecule has 0 fully saturated rings. The van der Waals surface area contributed by atoms with Crippen molar-refractivity contribution in [3.63, 3.8) is 0 Å². The van der Waals surface area contributed by atoms with E-state index >= 15 is 0 Å². The van der Waals surface area contributed by atoms with E-state index < -0.39 is 11.9 Å². The van der Waals surface area contributed by atoms with Crippen LogP contribution in [0.4, 0.5) is 13.2 Å². The molecular weight excluding hydrogens is 265 g/mol. The van der Waals surface area contributed by atoms with Crippen molar-refractivity contribution in [2.45, 2.75) is 39.1 Å². The largest absolute Gasteiger partial charge is 0.434 e. The summed E-state index contributed by atoms with van der Waals surface area (Å²) in [5.74, 6) is 0. The summed E-state index contributed by atoms with van der Waals surface area (Å²) < 4.78 is 43.8. The van der Waals surface area contributed by atoms with Gasteiger partial charge in [0, 0.05) is 13.2 Å². The number of ether oxygens (including phenoxy) is 1. The zero-order chi connectivity index (χ0) is 13.8. The SMILES string of the molecule is CCOC(CC)c1nc(C(F)(F)F)c(CNC)s1. The number of aromatic nitrogens is 1. The van der Waals surface area contributed by atoms with Crippen molar-refractivity contribution >= 4 is 11.3 Å². The van der Waals surface area contributed by atoms with Gasteiger partial charge >= 0.3 is 6.18 Å². The molecule has 0 spiro atoms. The molecule has 18 heavy (non-hydrogen) atoms. The van der Waals surface area contributed by atoms with Crippen molar-refractivity contribution in [1.82, 2.24) is 10.3 Å². The molecule has 3 nitrogen and oxygen atoms in total. The second-order valence-electron chi connectivity index (χ2n) is 3.70. The summed E-state index contributed by atoms with van der Waals surface area (Å²) in [7, 11) is 1.61. The number of rotatable bonds is 6. The standard InChI is InChI=1S/C11H17F3N2OS/c1-4-7(17-5-2)10-16-9(11(12,13)14)8(18-10)6-15-3/h7,15H,4-6H2,1-3H3. The zero-order valence-electron chi connectivity index (χ0n) is 10.6. The lowest BCUT2D eigenvalue weighted by Gasteiger charge is -2.11. The molecular formula is C11H17F3N2OS. The minimum Gasteiger partial charge on any atom is -0.371 e. The number of hydrogen-bond acceptors (Lipinski definition) is 4. The molecule has 1 atom stereocenters. The Morgan fingerprint density at radius 2 is 2.06 bits per heavy atom. The molecule has 0 bridgehead atoms. The Bertz CT molecular complexity index is 379. The van der Waals surface area contributed by atoms with Crippen molar-refractivity contribution < 1.29 is 17.9 Å². The van der Waals surface area contributed by atoms with E-state index in [-0.39, 0.29) is 17.5 Å². The predicted molar refractivity (Wildman–Crippen MR) is 64.5 cm³/mol. The summed E-state index contributed by atoms with van der Waals surface area (Å²) in [5.41, 5.74) is -0.796. The van der Waals surface area contributed by atoms with Crippen molar-refractivity contribution in [3.8, 4) is 0 Å². The molecule has 0 aliphatic heterocycles. The van der Waals surface area contributed by atoms with Gasteiger partial charge in [-0.2, -0.15) is 13.2 Å². The summed E-state index contributed by atoms with van der Waals surface area (Å²) in [5, 5.41) is 3.13. The van der Waals surface area contributed by atoms with Gasteiger partial charge in [-0.1, -0.05) is 6.92 Å². The smallest absolute Gasteiger partial charge is 0.371 e. The molecule has 0 aliphatic carbocycles. The van der Waals surface area contributed by atoms with Crippen LogP contribution in [0.1, 0.15) is 42.0 Å². The van der Waals surface area contributed by atoms with E-state index in [0.717, 1.165) is 11.3 Å². The minimum absolute atomic E-state index is 0.162. The highest BCUT2D eigenvalue weighted by molar-refractivity contribution is 7.11. The number of thiazole rings is 1. The van der Waals surface area contributed by atoms with Gasteiger partial charge in [-0.15, -0.1) is 11.3 Å². The van der Waals surface area contributed by atoms with E-state index in [9.17, 15) is 13.2 Å². The van der Waals surface area contributed by atoms with E-state index in [4.69, 9.17) is 4.74 Å². The van der Waals surface area contributed by atoms with Gasteiger partial charge in [0.15, 0.2) is 5.69 Å². The average Bonchev–Trinajstić information content (AvgIpc) is 2.70. The highest BCUT2D eigenvalue weighted by Crippen LogP contribution is 2.37. The van der Waals surface area contributed by atoms with Gasteiger partial charge in [0.2, 0.25) is 0 Å². The second-order valence-corrected chi connectivity index (χ2v) is 4.82. The molecule has 0 radical (unpaired) electrons. The van der Waals surface area contributed by atoms with Crippen LogP contribution in [0.2, 0.25) is 0 Å². The first-order chi connectivity index (χ1) is 8.43. The molecule has 1 aromatic heterocycles. The molecule has 0 aliphatic rings.